The average molecular weight is 504 g/mol. The van der Waals surface area contributed by atoms with Crippen LogP contribution in [0, 0.1) is 11.7 Å². The Labute approximate surface area is 221 Å². The van der Waals surface area contributed by atoms with Crippen LogP contribution in [0.3, 0.4) is 0 Å². The molecule has 0 amide bonds. The van der Waals surface area contributed by atoms with E-state index in [1.54, 1.807) is 18.2 Å². The Morgan fingerprint density at radius 2 is 1.87 bits per heavy atom. The van der Waals surface area contributed by atoms with Crippen LogP contribution in [-0.2, 0) is 0 Å². The van der Waals surface area contributed by atoms with Crippen molar-refractivity contribution in [2.75, 3.05) is 0 Å². The Morgan fingerprint density at radius 1 is 1.05 bits per heavy atom. The van der Waals surface area contributed by atoms with Crippen molar-refractivity contribution in [3.05, 3.63) is 115 Å². The van der Waals surface area contributed by atoms with Crippen molar-refractivity contribution >= 4 is 27.5 Å². The monoisotopic (exact) mass is 503 g/mol. The average Bonchev–Trinajstić information content (AvgIpc) is 3.54. The first-order valence-electron chi connectivity index (χ1n) is 12.6. The Morgan fingerprint density at radius 3 is 2.61 bits per heavy atom. The summed E-state index contributed by atoms with van der Waals surface area (Å²) in [5.41, 5.74) is 9.40. The summed E-state index contributed by atoms with van der Waals surface area (Å²) in [4.78, 5) is 8.46. The van der Waals surface area contributed by atoms with Gasteiger partial charge in [0, 0.05) is 22.3 Å². The molecule has 6 heteroatoms. The molecule has 5 aromatic rings. The first-order valence-corrected chi connectivity index (χ1v) is 12.6. The Bertz CT molecular complexity index is 1730. The van der Waals surface area contributed by atoms with E-state index in [2.05, 4.69) is 47.5 Å². The minimum Gasteiger partial charge on any atom is -0.359 e. The highest BCUT2D eigenvalue weighted by Gasteiger charge is 2.16. The van der Waals surface area contributed by atoms with Crippen molar-refractivity contribution in [1.82, 2.24) is 25.5 Å². The van der Waals surface area contributed by atoms with Crippen molar-refractivity contribution < 1.29 is 4.39 Å². The molecule has 0 aliphatic heterocycles. The number of nitrogens with zero attached hydrogens (tertiary/aromatic N) is 2. The third-order valence-electron chi connectivity index (χ3n) is 6.60. The predicted octanol–water partition coefficient (Wildman–Crippen LogP) is 8.14. The number of H-pyrrole nitrogens is 2. The zero-order chi connectivity index (χ0) is 26.8. The molecule has 0 aliphatic rings. The summed E-state index contributed by atoms with van der Waals surface area (Å²) >= 11 is 0. The third kappa shape index (κ3) is 4.81. The number of fused-ring (bicyclic) bond motifs is 2. The van der Waals surface area contributed by atoms with E-state index >= 15 is 0 Å². The molecule has 3 heterocycles. The van der Waals surface area contributed by atoms with Gasteiger partial charge in [0.1, 0.15) is 17.0 Å². The molecule has 5 rings (SSSR count). The topological polar surface area (TPSA) is 69.4 Å². The van der Waals surface area contributed by atoms with Gasteiger partial charge >= 0.3 is 0 Å². The first kappa shape index (κ1) is 25.0. The van der Waals surface area contributed by atoms with Gasteiger partial charge in [-0.2, -0.15) is 5.10 Å². The number of rotatable bonds is 8. The lowest BCUT2D eigenvalue weighted by molar-refractivity contribution is 0.628. The van der Waals surface area contributed by atoms with Crippen LogP contribution in [0.15, 0.2) is 103 Å². The van der Waals surface area contributed by atoms with Crippen LogP contribution in [0.25, 0.3) is 50.0 Å². The standard InChI is InChI=1S/C32H30FN5/c1-6-21(17-24(7-2)34-20(5)19(3)4)27-14-15-29-31(36-27)32(38-37-29)30-18-26-25(12-9-13-28(26)35-30)22-10-8-11-23(33)16-22/h6-19,34-35H,2,5H2,1,3-4H3,(H,37,38)/b21-6+,24-17+. The van der Waals surface area contributed by atoms with Gasteiger partial charge in [-0.15, -0.1) is 0 Å². The molecule has 0 fully saturated rings. The molecule has 38 heavy (non-hydrogen) atoms. The Hall–Kier alpha value is -4.71. The van der Waals surface area contributed by atoms with Crippen LogP contribution in [0.5, 0.6) is 0 Å². The normalized spacial score (nSPS) is 12.4. The number of pyridine rings is 1. The molecule has 0 aliphatic carbocycles. The predicted molar refractivity (Wildman–Crippen MR) is 156 cm³/mol. The van der Waals surface area contributed by atoms with Crippen molar-refractivity contribution in [2.24, 2.45) is 5.92 Å². The molecule has 0 saturated heterocycles. The summed E-state index contributed by atoms with van der Waals surface area (Å²) in [6.45, 7) is 14.2. The van der Waals surface area contributed by atoms with Crippen LogP contribution >= 0.6 is 0 Å². The van der Waals surface area contributed by atoms with Gasteiger partial charge in [0.05, 0.1) is 16.9 Å². The summed E-state index contributed by atoms with van der Waals surface area (Å²) in [6, 6.07) is 18.6. The molecule has 3 N–H and O–H groups in total. The van der Waals surface area contributed by atoms with Gasteiger partial charge in [0.15, 0.2) is 0 Å². The number of halogens is 1. The molecule has 3 aromatic heterocycles. The number of aromatic nitrogens is 4. The van der Waals surface area contributed by atoms with E-state index in [-0.39, 0.29) is 5.82 Å². The van der Waals surface area contributed by atoms with Crippen molar-refractivity contribution in [1.29, 1.82) is 0 Å². The number of hydrogen-bond acceptors (Lipinski definition) is 3. The number of benzene rings is 2. The second-order valence-corrected chi connectivity index (χ2v) is 9.48. The van der Waals surface area contributed by atoms with Crippen LogP contribution < -0.4 is 5.32 Å². The Balaban J connectivity index is 1.56. The van der Waals surface area contributed by atoms with Gasteiger partial charge in [-0.05, 0) is 78.1 Å². The fourth-order valence-corrected chi connectivity index (χ4v) is 4.39. The highest BCUT2D eigenvalue weighted by molar-refractivity contribution is 6.00. The lowest BCUT2D eigenvalue weighted by atomic mass is 10.0. The van der Waals surface area contributed by atoms with E-state index < -0.39 is 0 Å². The molecule has 0 radical (unpaired) electrons. The van der Waals surface area contributed by atoms with Gasteiger partial charge in [-0.1, -0.05) is 57.3 Å². The summed E-state index contributed by atoms with van der Waals surface area (Å²) in [7, 11) is 0. The van der Waals surface area contributed by atoms with Crippen LogP contribution in [-0.4, -0.2) is 20.2 Å². The highest BCUT2D eigenvalue weighted by atomic mass is 19.1. The number of hydrogen-bond donors (Lipinski definition) is 3. The van der Waals surface area contributed by atoms with E-state index in [1.807, 2.05) is 61.5 Å². The van der Waals surface area contributed by atoms with Gasteiger partial charge in [0.2, 0.25) is 0 Å². The second-order valence-electron chi connectivity index (χ2n) is 9.48. The number of aromatic amines is 2. The van der Waals surface area contributed by atoms with E-state index in [0.717, 1.165) is 67.1 Å². The van der Waals surface area contributed by atoms with E-state index in [9.17, 15) is 4.39 Å². The molecule has 0 bridgehead atoms. The fourth-order valence-electron chi connectivity index (χ4n) is 4.39. The third-order valence-corrected chi connectivity index (χ3v) is 6.60. The molecule has 0 unspecified atom stereocenters. The van der Waals surface area contributed by atoms with Gasteiger partial charge in [-0.25, -0.2) is 9.37 Å². The number of allylic oxidation sites excluding steroid dienone is 5. The molecule has 0 spiro atoms. The molecule has 2 aromatic carbocycles. The van der Waals surface area contributed by atoms with Crippen molar-refractivity contribution in [2.45, 2.75) is 20.8 Å². The SMILES string of the molecule is C=C/C(=C\C(=C/C)c1ccc2[nH]nc(-c3cc4c(-c5cccc(F)c5)cccc4[nH]3)c2n1)NC(=C)C(C)C. The molecular formula is C32H30FN5. The van der Waals surface area contributed by atoms with Crippen LogP contribution in [0.2, 0.25) is 0 Å². The second kappa shape index (κ2) is 10.3. The first-order chi connectivity index (χ1) is 18.4. The van der Waals surface area contributed by atoms with E-state index in [0.29, 0.717) is 5.92 Å². The largest absolute Gasteiger partial charge is 0.359 e. The van der Waals surface area contributed by atoms with Gasteiger partial charge in [0.25, 0.3) is 0 Å². The molecular weight excluding hydrogens is 473 g/mol. The fraction of sp³-hybridized carbons (Fsp3) is 0.125. The zero-order valence-corrected chi connectivity index (χ0v) is 21.8. The van der Waals surface area contributed by atoms with Gasteiger partial charge in [-0.3, -0.25) is 5.10 Å². The zero-order valence-electron chi connectivity index (χ0n) is 21.8. The summed E-state index contributed by atoms with van der Waals surface area (Å²) < 4.78 is 13.9. The quantitative estimate of drug-likeness (QED) is 0.187. The minimum atomic E-state index is -0.262. The smallest absolute Gasteiger partial charge is 0.135 e. The maximum absolute atomic E-state index is 13.9. The molecule has 0 saturated carbocycles. The molecule has 190 valence electrons. The lowest BCUT2D eigenvalue weighted by Crippen LogP contribution is -2.14. The molecule has 0 atom stereocenters. The van der Waals surface area contributed by atoms with Crippen molar-refractivity contribution in [3.63, 3.8) is 0 Å². The Kier molecular flexibility index (Phi) is 6.79. The lowest BCUT2D eigenvalue weighted by Gasteiger charge is -2.14. The van der Waals surface area contributed by atoms with E-state index in [1.165, 1.54) is 6.07 Å². The van der Waals surface area contributed by atoms with Crippen molar-refractivity contribution in [3.8, 4) is 22.5 Å². The highest BCUT2D eigenvalue weighted by Crippen LogP contribution is 2.34. The maximum Gasteiger partial charge on any atom is 0.135 e. The number of nitrogens with one attached hydrogen (secondary N) is 3. The van der Waals surface area contributed by atoms with Gasteiger partial charge < -0.3 is 10.3 Å². The van der Waals surface area contributed by atoms with Crippen LogP contribution in [0.4, 0.5) is 4.39 Å². The van der Waals surface area contributed by atoms with Crippen LogP contribution in [0.1, 0.15) is 26.5 Å². The minimum absolute atomic E-state index is 0.262. The summed E-state index contributed by atoms with van der Waals surface area (Å²) in [6.07, 6.45) is 5.81. The summed E-state index contributed by atoms with van der Waals surface area (Å²) in [5, 5.41) is 12.0. The van der Waals surface area contributed by atoms with E-state index in [4.69, 9.17) is 4.98 Å². The maximum atomic E-state index is 13.9. The summed E-state index contributed by atoms with van der Waals surface area (Å²) in [5.74, 6) is 0.0376. The molecule has 5 nitrogen and oxygen atoms in total.